The lowest BCUT2D eigenvalue weighted by Crippen LogP contribution is -2.15. The highest BCUT2D eigenvalue weighted by molar-refractivity contribution is 7.89. The van der Waals surface area contributed by atoms with Crippen LogP contribution in [-0.4, -0.2) is 17.6 Å². The summed E-state index contributed by atoms with van der Waals surface area (Å²) in [5, 5.41) is 3.79. The summed E-state index contributed by atoms with van der Waals surface area (Å²) < 4.78 is 25.1. The van der Waals surface area contributed by atoms with E-state index in [1.165, 1.54) is 6.20 Å². The van der Waals surface area contributed by atoms with E-state index >= 15 is 0 Å². The van der Waals surface area contributed by atoms with Crippen LogP contribution in [0.5, 0.6) is 0 Å². The summed E-state index contributed by atoms with van der Waals surface area (Å²) >= 11 is 0. The maximum Gasteiger partial charge on any atom is 0.283 e. The molecule has 0 N–H and O–H groups in total. The molecule has 0 fully saturated rings. The zero-order valence-electron chi connectivity index (χ0n) is 8.16. The molecule has 5 heteroatoms. The molecule has 0 saturated heterocycles. The minimum absolute atomic E-state index is 0.247. The summed E-state index contributed by atoms with van der Waals surface area (Å²) in [6.45, 7) is 1.70. The molecule has 0 aliphatic rings. The third-order valence-corrected chi connectivity index (χ3v) is 3.76. The lowest BCUT2D eigenvalue weighted by atomic mass is 10.4. The summed E-state index contributed by atoms with van der Waals surface area (Å²) in [4.78, 5) is 0.247. The van der Waals surface area contributed by atoms with Crippen molar-refractivity contribution in [2.24, 2.45) is 0 Å². The second-order valence-corrected chi connectivity index (χ2v) is 4.90. The minimum Gasteiger partial charge on any atom is -0.199 e. The molecule has 1 aromatic heterocycles. The normalized spacial score (nSPS) is 11.5. The first-order valence-corrected chi connectivity index (χ1v) is 5.87. The van der Waals surface area contributed by atoms with Gasteiger partial charge >= 0.3 is 0 Å². The molecule has 0 atom stereocenters. The van der Waals surface area contributed by atoms with Crippen LogP contribution in [0.2, 0.25) is 0 Å². The van der Waals surface area contributed by atoms with Crippen molar-refractivity contribution < 1.29 is 8.42 Å². The van der Waals surface area contributed by atoms with E-state index < -0.39 is 10.0 Å². The van der Waals surface area contributed by atoms with Gasteiger partial charge in [0.1, 0.15) is 0 Å². The fourth-order valence-electron chi connectivity index (χ4n) is 1.30. The number of nitrogens with zero attached hydrogens (tertiary/aromatic N) is 2. The van der Waals surface area contributed by atoms with E-state index in [1.807, 2.05) is 0 Å². The Morgan fingerprint density at radius 2 is 1.80 bits per heavy atom. The molecule has 2 rings (SSSR count). The van der Waals surface area contributed by atoms with Gasteiger partial charge in [-0.25, -0.2) is 0 Å². The Morgan fingerprint density at radius 3 is 2.33 bits per heavy atom. The Labute approximate surface area is 88.2 Å². The second-order valence-electron chi connectivity index (χ2n) is 3.13. The Morgan fingerprint density at radius 1 is 1.13 bits per heavy atom. The predicted octanol–water partition coefficient (Wildman–Crippen LogP) is 1.43. The Kier molecular flexibility index (Phi) is 2.32. The molecular formula is C10H10N2O2S. The van der Waals surface area contributed by atoms with Crippen LogP contribution < -0.4 is 0 Å². The van der Waals surface area contributed by atoms with Gasteiger partial charge in [-0.2, -0.15) is 17.6 Å². The van der Waals surface area contributed by atoms with Gasteiger partial charge in [-0.1, -0.05) is 18.2 Å². The van der Waals surface area contributed by atoms with Gasteiger partial charge in [0.25, 0.3) is 10.0 Å². The van der Waals surface area contributed by atoms with Crippen molar-refractivity contribution in [1.82, 2.24) is 9.19 Å². The highest BCUT2D eigenvalue weighted by Gasteiger charge is 2.18. The lowest BCUT2D eigenvalue weighted by molar-refractivity contribution is 0.578. The summed E-state index contributed by atoms with van der Waals surface area (Å²) in [5.41, 5.74) is 0.596. The van der Waals surface area contributed by atoms with Gasteiger partial charge in [-0.15, -0.1) is 0 Å². The van der Waals surface area contributed by atoms with E-state index in [0.29, 0.717) is 5.69 Å². The van der Waals surface area contributed by atoms with Gasteiger partial charge in [0.05, 0.1) is 16.8 Å². The smallest absolute Gasteiger partial charge is 0.199 e. The summed E-state index contributed by atoms with van der Waals surface area (Å²) in [6, 6.07) is 9.90. The number of benzene rings is 1. The average molecular weight is 222 g/mol. The number of hydrogen-bond acceptors (Lipinski definition) is 3. The lowest BCUT2D eigenvalue weighted by Gasteiger charge is -2.05. The first-order valence-electron chi connectivity index (χ1n) is 4.43. The van der Waals surface area contributed by atoms with E-state index in [-0.39, 0.29) is 4.90 Å². The predicted molar refractivity (Wildman–Crippen MR) is 56.0 cm³/mol. The molecule has 78 valence electrons. The van der Waals surface area contributed by atoms with Crippen molar-refractivity contribution in [3.63, 3.8) is 0 Å². The van der Waals surface area contributed by atoms with Gasteiger partial charge < -0.3 is 0 Å². The molecule has 0 aliphatic carbocycles. The largest absolute Gasteiger partial charge is 0.283 e. The summed E-state index contributed by atoms with van der Waals surface area (Å²) in [5.74, 6) is 0. The number of rotatable bonds is 2. The zero-order valence-corrected chi connectivity index (χ0v) is 8.98. The standard InChI is InChI=1S/C10H10N2O2S/c1-9-7-8-11-12(9)15(13,14)10-5-3-2-4-6-10/h2-8H,1H3. The Balaban J connectivity index is 2.60. The number of hydrogen-bond donors (Lipinski definition) is 0. The third kappa shape index (κ3) is 1.66. The van der Waals surface area contributed by atoms with Crippen LogP contribution in [0.4, 0.5) is 0 Å². The van der Waals surface area contributed by atoms with Gasteiger partial charge in [0.15, 0.2) is 0 Å². The molecule has 0 saturated carbocycles. The highest BCUT2D eigenvalue weighted by Crippen LogP contribution is 2.13. The van der Waals surface area contributed by atoms with Crippen LogP contribution in [0.3, 0.4) is 0 Å². The van der Waals surface area contributed by atoms with Crippen molar-refractivity contribution in [2.45, 2.75) is 11.8 Å². The van der Waals surface area contributed by atoms with Crippen molar-refractivity contribution in [2.75, 3.05) is 0 Å². The number of aryl methyl sites for hydroxylation is 1. The maximum atomic E-state index is 12.0. The molecule has 0 bridgehead atoms. The molecule has 1 aromatic carbocycles. The molecule has 0 spiro atoms. The van der Waals surface area contributed by atoms with Crippen LogP contribution in [0.25, 0.3) is 0 Å². The summed E-state index contributed by atoms with van der Waals surface area (Å²) in [6.07, 6.45) is 1.47. The fourth-order valence-corrected chi connectivity index (χ4v) is 2.62. The van der Waals surface area contributed by atoms with Crippen LogP contribution in [0.15, 0.2) is 47.5 Å². The van der Waals surface area contributed by atoms with Crippen LogP contribution in [0, 0.1) is 6.92 Å². The Hall–Kier alpha value is -1.62. The molecule has 1 heterocycles. The topological polar surface area (TPSA) is 52.0 Å². The summed E-state index contributed by atoms with van der Waals surface area (Å²) in [7, 11) is -3.52. The fraction of sp³-hybridized carbons (Fsp3) is 0.100. The second kappa shape index (κ2) is 3.51. The quantitative estimate of drug-likeness (QED) is 0.772. The van der Waals surface area contributed by atoms with Gasteiger partial charge in [-0.3, -0.25) is 0 Å². The van der Waals surface area contributed by atoms with Gasteiger partial charge in [-0.05, 0) is 25.1 Å². The van der Waals surface area contributed by atoms with E-state index in [9.17, 15) is 8.42 Å². The van der Waals surface area contributed by atoms with Crippen molar-refractivity contribution in [3.05, 3.63) is 48.3 Å². The van der Waals surface area contributed by atoms with E-state index in [0.717, 1.165) is 4.09 Å². The molecule has 0 unspecified atom stereocenters. The van der Waals surface area contributed by atoms with E-state index in [1.54, 1.807) is 43.3 Å². The van der Waals surface area contributed by atoms with Crippen LogP contribution in [-0.2, 0) is 10.0 Å². The van der Waals surface area contributed by atoms with Gasteiger partial charge in [0.2, 0.25) is 0 Å². The zero-order chi connectivity index (χ0) is 10.9. The third-order valence-electron chi connectivity index (χ3n) is 2.06. The van der Waals surface area contributed by atoms with E-state index in [4.69, 9.17) is 0 Å². The SMILES string of the molecule is Cc1ccnn1S(=O)(=O)c1ccccc1. The highest BCUT2D eigenvalue weighted by atomic mass is 32.2. The molecule has 15 heavy (non-hydrogen) atoms. The molecule has 0 aliphatic heterocycles. The maximum absolute atomic E-state index is 12.0. The number of aromatic nitrogens is 2. The van der Waals surface area contributed by atoms with E-state index in [2.05, 4.69) is 5.10 Å². The van der Waals surface area contributed by atoms with Crippen molar-refractivity contribution in [1.29, 1.82) is 0 Å². The molecule has 4 nitrogen and oxygen atoms in total. The Bertz CT molecular complexity index is 558. The molecular weight excluding hydrogens is 212 g/mol. The van der Waals surface area contributed by atoms with Crippen molar-refractivity contribution >= 4 is 10.0 Å². The first-order chi connectivity index (χ1) is 7.12. The first kappa shape index (κ1) is 9.92. The van der Waals surface area contributed by atoms with Crippen LogP contribution >= 0.6 is 0 Å². The molecule has 2 aromatic rings. The molecule has 0 radical (unpaired) electrons. The monoisotopic (exact) mass is 222 g/mol. The van der Waals surface area contributed by atoms with Crippen LogP contribution in [0.1, 0.15) is 5.69 Å². The van der Waals surface area contributed by atoms with Gasteiger partial charge in [0, 0.05) is 0 Å². The minimum atomic E-state index is -3.52. The van der Waals surface area contributed by atoms with Crippen molar-refractivity contribution in [3.8, 4) is 0 Å². The average Bonchev–Trinajstić information content (AvgIpc) is 2.66. The molecule has 0 amide bonds.